The second-order valence-corrected chi connectivity index (χ2v) is 21.9. The molecule has 69 heavy (non-hydrogen) atoms. The van der Waals surface area contributed by atoms with Crippen LogP contribution in [0.1, 0.15) is 342 Å². The van der Waals surface area contributed by atoms with Crippen LogP contribution in [0.25, 0.3) is 0 Å². The van der Waals surface area contributed by atoms with Gasteiger partial charge in [-0.1, -0.05) is 285 Å². The van der Waals surface area contributed by atoms with Gasteiger partial charge in [-0.25, -0.2) is 0 Å². The van der Waals surface area contributed by atoms with Crippen LogP contribution >= 0.6 is 0 Å². The molecule has 0 saturated carbocycles. The molecule has 2 atom stereocenters. The van der Waals surface area contributed by atoms with Gasteiger partial charge < -0.3 is 19.5 Å². The van der Waals surface area contributed by atoms with Gasteiger partial charge in [0.1, 0.15) is 0 Å². The molecule has 0 aliphatic carbocycles. The van der Waals surface area contributed by atoms with Gasteiger partial charge in [-0.05, 0) is 70.9 Å². The number of esters is 2. The predicted octanol–water partition coefficient (Wildman–Crippen LogP) is 19.8. The molecule has 0 amide bonds. The highest BCUT2D eigenvalue weighted by molar-refractivity contribution is 5.72. The van der Waals surface area contributed by atoms with Gasteiger partial charge in [0.15, 0.2) is 0 Å². The van der Waals surface area contributed by atoms with E-state index in [0.29, 0.717) is 13.2 Å². The third-order valence-electron chi connectivity index (χ3n) is 15.1. The number of nitrogens with zero attached hydrogens (tertiary/aromatic N) is 1. The SMILES string of the molecule is CCCCCCCCCCCCC(CCCCCCCCCC)C(=O)OCCCCCCN(CCCO)CCCCCCOC(=O)C(CCCCCCCCCC)CCCCCCCCCCCC. The minimum absolute atomic E-state index is 0.0695. The summed E-state index contributed by atoms with van der Waals surface area (Å²) in [6, 6.07) is 0. The fraction of sp³-hybridized carbons (Fsp3) is 0.968. The van der Waals surface area contributed by atoms with Crippen LogP contribution in [0.3, 0.4) is 0 Å². The number of rotatable bonds is 59. The smallest absolute Gasteiger partial charge is 0.308 e. The highest BCUT2D eigenvalue weighted by Crippen LogP contribution is 2.24. The van der Waals surface area contributed by atoms with Gasteiger partial charge in [-0.3, -0.25) is 9.59 Å². The Kier molecular flexibility index (Phi) is 56.8. The monoisotopic (exact) mass is 976 g/mol. The summed E-state index contributed by atoms with van der Waals surface area (Å²) in [4.78, 5) is 29.1. The Labute approximate surface area is 432 Å². The van der Waals surface area contributed by atoms with Gasteiger partial charge in [0, 0.05) is 13.2 Å². The molecule has 6 nitrogen and oxygen atoms in total. The number of aliphatic hydroxyl groups is 1. The number of carbonyl (C=O) groups is 2. The van der Waals surface area contributed by atoms with E-state index >= 15 is 0 Å². The van der Waals surface area contributed by atoms with Crippen LogP contribution in [0.5, 0.6) is 0 Å². The summed E-state index contributed by atoms with van der Waals surface area (Å²) in [5.74, 6) is 0.306. The average Bonchev–Trinajstić information content (AvgIpc) is 3.35. The average molecular weight is 977 g/mol. The van der Waals surface area contributed by atoms with E-state index in [1.807, 2.05) is 0 Å². The van der Waals surface area contributed by atoms with Crippen LogP contribution < -0.4 is 0 Å². The fourth-order valence-electron chi connectivity index (χ4n) is 10.4. The summed E-state index contributed by atoms with van der Waals surface area (Å²) in [5.41, 5.74) is 0. The Morgan fingerprint density at radius 1 is 0.304 bits per heavy atom. The zero-order valence-corrected chi connectivity index (χ0v) is 47.6. The second-order valence-electron chi connectivity index (χ2n) is 21.9. The molecule has 0 rings (SSSR count). The van der Waals surface area contributed by atoms with Gasteiger partial charge >= 0.3 is 11.9 Å². The number of hydrogen-bond acceptors (Lipinski definition) is 6. The highest BCUT2D eigenvalue weighted by Gasteiger charge is 2.21. The molecule has 0 saturated heterocycles. The Balaban J connectivity index is 4.51. The van der Waals surface area contributed by atoms with E-state index in [0.717, 1.165) is 129 Å². The lowest BCUT2D eigenvalue weighted by Gasteiger charge is -2.22. The molecule has 0 fully saturated rings. The van der Waals surface area contributed by atoms with Gasteiger partial charge in [-0.2, -0.15) is 0 Å². The molecule has 0 spiro atoms. The van der Waals surface area contributed by atoms with E-state index in [-0.39, 0.29) is 30.4 Å². The fourth-order valence-corrected chi connectivity index (χ4v) is 10.4. The molecule has 0 radical (unpaired) electrons. The molecular weight excluding hydrogens is 851 g/mol. The Hall–Kier alpha value is -1.14. The number of carbonyl (C=O) groups excluding carboxylic acids is 2. The topological polar surface area (TPSA) is 76.1 Å². The molecule has 0 aliphatic heterocycles. The minimum atomic E-state index is 0.0695. The van der Waals surface area contributed by atoms with E-state index in [2.05, 4.69) is 32.6 Å². The van der Waals surface area contributed by atoms with Crippen molar-refractivity contribution in [1.82, 2.24) is 4.90 Å². The van der Waals surface area contributed by atoms with E-state index in [9.17, 15) is 14.7 Å². The third-order valence-corrected chi connectivity index (χ3v) is 15.1. The lowest BCUT2D eigenvalue weighted by molar-refractivity contribution is -0.150. The molecule has 0 heterocycles. The molecule has 0 bridgehead atoms. The van der Waals surface area contributed by atoms with Gasteiger partial charge in [0.05, 0.1) is 25.0 Å². The summed E-state index contributed by atoms with van der Waals surface area (Å²) in [7, 11) is 0. The minimum Gasteiger partial charge on any atom is -0.465 e. The van der Waals surface area contributed by atoms with Crippen LogP contribution in [-0.4, -0.2) is 61.4 Å². The largest absolute Gasteiger partial charge is 0.465 e. The van der Waals surface area contributed by atoms with Crippen LogP contribution in [0.2, 0.25) is 0 Å². The molecule has 2 unspecified atom stereocenters. The molecule has 412 valence electrons. The lowest BCUT2D eigenvalue weighted by Crippen LogP contribution is -2.28. The van der Waals surface area contributed by atoms with Gasteiger partial charge in [0.2, 0.25) is 0 Å². The first-order valence-corrected chi connectivity index (χ1v) is 31.7. The molecule has 6 heteroatoms. The maximum atomic E-state index is 13.3. The van der Waals surface area contributed by atoms with Crippen molar-refractivity contribution in [2.24, 2.45) is 11.8 Å². The summed E-state index contributed by atoms with van der Waals surface area (Å²) in [6.07, 6.45) is 61.0. The molecule has 1 N–H and O–H groups in total. The van der Waals surface area contributed by atoms with Crippen molar-refractivity contribution in [3.05, 3.63) is 0 Å². The van der Waals surface area contributed by atoms with Crippen molar-refractivity contribution >= 4 is 11.9 Å². The van der Waals surface area contributed by atoms with Crippen molar-refractivity contribution in [2.75, 3.05) is 39.5 Å². The van der Waals surface area contributed by atoms with E-state index in [1.54, 1.807) is 0 Å². The number of hydrogen-bond donors (Lipinski definition) is 1. The van der Waals surface area contributed by atoms with Gasteiger partial charge in [-0.15, -0.1) is 0 Å². The summed E-state index contributed by atoms with van der Waals surface area (Å²) < 4.78 is 11.9. The molecule has 0 aromatic rings. The Morgan fingerprint density at radius 2 is 0.522 bits per heavy atom. The first kappa shape index (κ1) is 67.9. The van der Waals surface area contributed by atoms with Crippen molar-refractivity contribution in [1.29, 1.82) is 0 Å². The summed E-state index contributed by atoms with van der Waals surface area (Å²) >= 11 is 0. The normalized spacial score (nSPS) is 12.6. The van der Waals surface area contributed by atoms with Crippen LogP contribution in [0, 0.1) is 11.8 Å². The number of unbranched alkanes of at least 4 members (excludes halogenated alkanes) is 38. The second kappa shape index (κ2) is 57.8. The maximum absolute atomic E-state index is 13.3. The first-order chi connectivity index (χ1) is 34.0. The van der Waals surface area contributed by atoms with Crippen molar-refractivity contribution in [2.45, 2.75) is 342 Å². The zero-order valence-electron chi connectivity index (χ0n) is 47.6. The Morgan fingerprint density at radius 3 is 0.783 bits per heavy atom. The molecule has 0 aromatic carbocycles. The zero-order chi connectivity index (χ0) is 50.2. The van der Waals surface area contributed by atoms with Crippen LogP contribution in [-0.2, 0) is 19.1 Å². The van der Waals surface area contributed by atoms with E-state index in [4.69, 9.17) is 9.47 Å². The Bertz CT molecular complexity index is 932. The van der Waals surface area contributed by atoms with Crippen LogP contribution in [0.15, 0.2) is 0 Å². The molecule has 0 aliphatic rings. The summed E-state index contributed by atoms with van der Waals surface area (Å²) in [6.45, 7) is 13.6. The van der Waals surface area contributed by atoms with Crippen molar-refractivity contribution in [3.63, 3.8) is 0 Å². The van der Waals surface area contributed by atoms with Crippen LogP contribution in [0.4, 0.5) is 0 Å². The number of aliphatic hydroxyl groups excluding tert-OH is 1. The quantitative estimate of drug-likeness (QED) is 0.0483. The standard InChI is InChI=1S/C63H125NO5/c1-5-9-13-17-21-25-27-31-35-43-52-60(50-41-33-29-23-19-15-11-7-3)62(66)68-58-47-39-37-45-54-64(56-49-57-65)55-46-38-40-48-59-69-63(67)61(51-42-34-30-24-20-16-12-8-4)53-44-36-32-28-26-22-18-14-10-6-2/h60-61,65H,5-59H2,1-4H3. The third kappa shape index (κ3) is 50.2. The number of ether oxygens (including phenoxy) is 2. The maximum Gasteiger partial charge on any atom is 0.308 e. The highest BCUT2D eigenvalue weighted by atomic mass is 16.5. The molecular formula is C63H125NO5. The predicted molar refractivity (Wildman–Crippen MR) is 301 cm³/mol. The lowest BCUT2D eigenvalue weighted by atomic mass is 9.94. The van der Waals surface area contributed by atoms with E-state index in [1.165, 1.54) is 205 Å². The first-order valence-electron chi connectivity index (χ1n) is 31.7. The van der Waals surface area contributed by atoms with Gasteiger partial charge in [0.25, 0.3) is 0 Å². The molecule has 0 aromatic heterocycles. The van der Waals surface area contributed by atoms with Crippen molar-refractivity contribution < 1.29 is 24.2 Å². The summed E-state index contributed by atoms with van der Waals surface area (Å²) in [5, 5.41) is 9.57. The van der Waals surface area contributed by atoms with E-state index < -0.39 is 0 Å². The van der Waals surface area contributed by atoms with Crippen molar-refractivity contribution in [3.8, 4) is 0 Å².